The van der Waals surface area contributed by atoms with Gasteiger partial charge >= 0.3 is 12.1 Å². The van der Waals surface area contributed by atoms with Crippen LogP contribution in [-0.2, 0) is 4.79 Å². The molecule has 7 heteroatoms. The van der Waals surface area contributed by atoms with Crippen LogP contribution in [0.3, 0.4) is 0 Å². The van der Waals surface area contributed by atoms with Gasteiger partial charge in [-0.3, -0.25) is 4.79 Å². The van der Waals surface area contributed by atoms with Gasteiger partial charge in [0.1, 0.15) is 0 Å². The van der Waals surface area contributed by atoms with E-state index < -0.39 is 12.1 Å². The van der Waals surface area contributed by atoms with Crippen LogP contribution in [0.4, 0.5) is 4.79 Å². The summed E-state index contributed by atoms with van der Waals surface area (Å²) in [5.41, 5.74) is 6.96. The fraction of sp³-hybridized carbons (Fsp3) is 0.800. The molecule has 0 spiro atoms. The van der Waals surface area contributed by atoms with Gasteiger partial charge in [-0.05, 0) is 19.3 Å². The second kappa shape index (κ2) is 9.86. The van der Waals surface area contributed by atoms with E-state index in [-0.39, 0.29) is 5.92 Å². The second-order valence-corrected chi connectivity index (χ2v) is 3.77. The Hall–Kier alpha value is -1.34. The fourth-order valence-electron chi connectivity index (χ4n) is 1.44. The highest BCUT2D eigenvalue weighted by Crippen LogP contribution is 2.13. The zero-order chi connectivity index (χ0) is 13.1. The molecule has 0 fully saturated rings. The lowest BCUT2D eigenvalue weighted by Gasteiger charge is -2.09. The first-order valence-electron chi connectivity index (χ1n) is 5.77. The molecular formula is C10H21N3O4. The van der Waals surface area contributed by atoms with Gasteiger partial charge in [0, 0.05) is 6.54 Å². The van der Waals surface area contributed by atoms with Crippen molar-refractivity contribution in [2.45, 2.75) is 39.0 Å². The summed E-state index contributed by atoms with van der Waals surface area (Å²) in [7, 11) is 0. The highest BCUT2D eigenvalue weighted by molar-refractivity contribution is 5.69. The van der Waals surface area contributed by atoms with E-state index in [1.54, 1.807) is 0 Å². The first kappa shape index (κ1) is 15.7. The van der Waals surface area contributed by atoms with Crippen molar-refractivity contribution in [2.75, 3.05) is 6.54 Å². The Morgan fingerprint density at radius 1 is 1.18 bits per heavy atom. The highest BCUT2D eigenvalue weighted by atomic mass is 16.4. The molecule has 0 heterocycles. The molecule has 0 saturated heterocycles. The monoisotopic (exact) mass is 247 g/mol. The number of carboxylic acid groups (broad SMARTS) is 2. The molecule has 0 aliphatic rings. The summed E-state index contributed by atoms with van der Waals surface area (Å²) >= 11 is 0. The predicted molar refractivity (Wildman–Crippen MR) is 62.2 cm³/mol. The summed E-state index contributed by atoms with van der Waals surface area (Å²) in [5.74, 6) is -0.965. The predicted octanol–water partition coefficient (Wildman–Crippen LogP) is 0.934. The Kier molecular flexibility index (Phi) is 9.08. The van der Waals surface area contributed by atoms with Crippen LogP contribution in [0.5, 0.6) is 0 Å². The van der Waals surface area contributed by atoms with E-state index in [0.717, 1.165) is 19.3 Å². The molecule has 17 heavy (non-hydrogen) atoms. The first-order valence-corrected chi connectivity index (χ1v) is 5.77. The minimum atomic E-state index is -1.15. The van der Waals surface area contributed by atoms with Crippen molar-refractivity contribution in [3.8, 4) is 0 Å². The molecule has 100 valence electrons. The zero-order valence-corrected chi connectivity index (χ0v) is 10.0. The van der Waals surface area contributed by atoms with Gasteiger partial charge < -0.3 is 10.2 Å². The van der Waals surface area contributed by atoms with Gasteiger partial charge in [-0.2, -0.15) is 5.53 Å². The number of carbonyl (C=O) groups is 2. The smallest absolute Gasteiger partial charge is 0.420 e. The number of hydrogen-bond donors (Lipinski definition) is 5. The first-order chi connectivity index (χ1) is 8.07. The van der Waals surface area contributed by atoms with Gasteiger partial charge in [-0.15, -0.1) is 0 Å². The Morgan fingerprint density at radius 3 is 2.41 bits per heavy atom. The average molecular weight is 247 g/mol. The molecule has 0 radical (unpaired) electrons. The molecule has 0 aromatic rings. The highest BCUT2D eigenvalue weighted by Gasteiger charge is 2.13. The Morgan fingerprint density at radius 2 is 1.88 bits per heavy atom. The van der Waals surface area contributed by atoms with Crippen molar-refractivity contribution >= 4 is 12.1 Å². The molecule has 7 nitrogen and oxygen atoms in total. The number of carboxylic acids is 1. The van der Waals surface area contributed by atoms with E-state index in [1.165, 1.54) is 0 Å². The maximum absolute atomic E-state index is 10.7. The van der Waals surface area contributed by atoms with Crippen LogP contribution in [0, 0.1) is 5.92 Å². The lowest BCUT2D eigenvalue weighted by atomic mass is 9.99. The minimum Gasteiger partial charge on any atom is -0.481 e. The molecule has 0 aromatic heterocycles. The van der Waals surface area contributed by atoms with Crippen LogP contribution in [-0.4, -0.2) is 28.8 Å². The molecular weight excluding hydrogens is 226 g/mol. The summed E-state index contributed by atoms with van der Waals surface area (Å²) in [5, 5.41) is 17.0. The van der Waals surface area contributed by atoms with Gasteiger partial charge in [0.25, 0.3) is 0 Å². The van der Waals surface area contributed by atoms with E-state index in [9.17, 15) is 9.59 Å². The van der Waals surface area contributed by atoms with Crippen molar-refractivity contribution in [1.29, 1.82) is 0 Å². The standard InChI is InChI=1S/C10H21N3O4/c1-2-8(9(14)15)6-4-3-5-7-11-13-12-10(16)17/h8,11-13H,2-7H2,1H3,(H,14,15)(H,16,17). The zero-order valence-electron chi connectivity index (χ0n) is 10.0. The topological polar surface area (TPSA) is 111 Å². The molecule has 5 N–H and O–H groups in total. The molecule has 0 aromatic carbocycles. The van der Waals surface area contributed by atoms with Crippen LogP contribution in [0.25, 0.3) is 0 Å². The van der Waals surface area contributed by atoms with Crippen LogP contribution in [0.2, 0.25) is 0 Å². The van der Waals surface area contributed by atoms with Crippen molar-refractivity contribution in [2.24, 2.45) is 5.92 Å². The largest absolute Gasteiger partial charge is 0.481 e. The van der Waals surface area contributed by atoms with Gasteiger partial charge in [-0.1, -0.05) is 19.8 Å². The number of nitrogens with one attached hydrogen (secondary N) is 3. The molecule has 0 rings (SSSR count). The lowest BCUT2D eigenvalue weighted by molar-refractivity contribution is -0.142. The van der Waals surface area contributed by atoms with E-state index in [4.69, 9.17) is 10.2 Å². The Bertz CT molecular complexity index is 236. The third-order valence-electron chi connectivity index (χ3n) is 2.45. The van der Waals surface area contributed by atoms with Gasteiger partial charge in [0.05, 0.1) is 5.92 Å². The number of amides is 1. The Labute approximate surface area is 101 Å². The van der Waals surface area contributed by atoms with Crippen LogP contribution >= 0.6 is 0 Å². The van der Waals surface area contributed by atoms with Crippen molar-refractivity contribution in [3.05, 3.63) is 0 Å². The molecule has 1 unspecified atom stereocenters. The molecule has 1 atom stereocenters. The molecule has 0 bridgehead atoms. The average Bonchev–Trinajstić information content (AvgIpc) is 2.26. The number of aliphatic carboxylic acids is 1. The second-order valence-electron chi connectivity index (χ2n) is 3.77. The van der Waals surface area contributed by atoms with Crippen LogP contribution < -0.4 is 16.4 Å². The third-order valence-corrected chi connectivity index (χ3v) is 2.45. The molecule has 0 aliphatic heterocycles. The number of hydrogen-bond acceptors (Lipinski definition) is 4. The molecule has 1 amide bonds. The van der Waals surface area contributed by atoms with Gasteiger partial charge in [0.2, 0.25) is 0 Å². The van der Waals surface area contributed by atoms with Gasteiger partial charge in [-0.25, -0.2) is 15.6 Å². The summed E-state index contributed by atoms with van der Waals surface area (Å²) in [6.07, 6.45) is 2.88. The molecule has 0 saturated carbocycles. The van der Waals surface area contributed by atoms with E-state index in [0.29, 0.717) is 19.4 Å². The fourth-order valence-corrected chi connectivity index (χ4v) is 1.44. The minimum absolute atomic E-state index is 0.241. The maximum Gasteiger partial charge on any atom is 0.420 e. The number of unbranched alkanes of at least 4 members (excludes halogenated alkanes) is 2. The summed E-state index contributed by atoms with van der Waals surface area (Å²) in [6, 6.07) is 0. The molecule has 0 aliphatic carbocycles. The van der Waals surface area contributed by atoms with Gasteiger partial charge in [0.15, 0.2) is 0 Å². The Balaban J connectivity index is 3.28. The normalized spacial score (nSPS) is 12.1. The van der Waals surface area contributed by atoms with Crippen molar-refractivity contribution in [3.63, 3.8) is 0 Å². The third kappa shape index (κ3) is 9.58. The lowest BCUT2D eigenvalue weighted by Crippen LogP contribution is -2.46. The van der Waals surface area contributed by atoms with E-state index >= 15 is 0 Å². The number of hydrazine groups is 2. The quantitative estimate of drug-likeness (QED) is 0.290. The maximum atomic E-state index is 10.7. The SMILES string of the molecule is CCC(CCCCCNNNC(=O)O)C(=O)O. The van der Waals surface area contributed by atoms with Crippen LogP contribution in [0.1, 0.15) is 39.0 Å². The van der Waals surface area contributed by atoms with E-state index in [1.807, 2.05) is 12.3 Å². The van der Waals surface area contributed by atoms with Crippen molar-refractivity contribution < 1.29 is 19.8 Å². The summed E-state index contributed by atoms with van der Waals surface area (Å²) < 4.78 is 0. The van der Waals surface area contributed by atoms with Crippen LogP contribution in [0.15, 0.2) is 0 Å². The summed E-state index contributed by atoms with van der Waals surface area (Å²) in [4.78, 5) is 20.8. The number of rotatable bonds is 10. The van der Waals surface area contributed by atoms with Crippen molar-refractivity contribution in [1.82, 2.24) is 16.4 Å². The van der Waals surface area contributed by atoms with E-state index in [2.05, 4.69) is 11.0 Å². The summed E-state index contributed by atoms with van der Waals surface area (Å²) in [6.45, 7) is 2.51.